The van der Waals surface area contributed by atoms with Crippen molar-refractivity contribution in [3.05, 3.63) is 23.8 Å². The molecule has 0 heterocycles. The molecule has 1 aliphatic carbocycles. The van der Waals surface area contributed by atoms with Crippen molar-refractivity contribution >= 4 is 39.8 Å². The molecule has 3 N–H and O–H groups in total. The lowest BCUT2D eigenvalue weighted by molar-refractivity contribution is 0.354. The van der Waals surface area contributed by atoms with Crippen LogP contribution in [0.3, 0.4) is 0 Å². The molecule has 2 rings (SSSR count). The highest BCUT2D eigenvalue weighted by molar-refractivity contribution is 14.0. The number of halogens is 1. The van der Waals surface area contributed by atoms with Gasteiger partial charge in [-0.05, 0) is 30.5 Å². The van der Waals surface area contributed by atoms with Gasteiger partial charge >= 0.3 is 0 Å². The second-order valence-electron chi connectivity index (χ2n) is 6.31. The monoisotopic (exact) mass is 483 g/mol. The molecule has 0 aromatic heterocycles. The van der Waals surface area contributed by atoms with E-state index in [1.807, 2.05) is 18.2 Å². The molecule has 0 saturated heterocycles. The number of nitrogens with two attached hydrogens (primary N) is 1. The second-order valence-corrected chi connectivity index (χ2v) is 8.45. The summed E-state index contributed by atoms with van der Waals surface area (Å²) in [7, 11) is 0.183. The van der Waals surface area contributed by atoms with Crippen molar-refractivity contribution in [2.75, 3.05) is 32.8 Å². The Morgan fingerprint density at radius 3 is 2.44 bits per heavy atom. The number of aliphatic imine (C=N–C) groups is 1. The smallest absolute Gasteiger partial charge is 0.188 e. The summed E-state index contributed by atoms with van der Waals surface area (Å²) >= 11 is 0. The Labute approximate surface area is 166 Å². The minimum atomic E-state index is -2.98. The number of hydrogen-bond donors (Lipinski definition) is 2. The molecular formula is C16H26IN3O4S. The Balaban J connectivity index is 0.00000312. The van der Waals surface area contributed by atoms with E-state index in [9.17, 15) is 8.42 Å². The molecule has 142 valence electrons. The largest absolute Gasteiger partial charge is 0.493 e. The van der Waals surface area contributed by atoms with Crippen LogP contribution in [-0.2, 0) is 16.4 Å². The number of hydrogen-bond acceptors (Lipinski definition) is 5. The van der Waals surface area contributed by atoms with Gasteiger partial charge in [0.25, 0.3) is 0 Å². The van der Waals surface area contributed by atoms with E-state index in [2.05, 4.69) is 10.3 Å². The molecule has 0 radical (unpaired) electrons. The zero-order chi connectivity index (χ0) is 17.8. The minimum Gasteiger partial charge on any atom is -0.493 e. The summed E-state index contributed by atoms with van der Waals surface area (Å²) in [5, 5.41) is 3.04. The quantitative estimate of drug-likeness (QED) is 0.331. The van der Waals surface area contributed by atoms with Crippen molar-refractivity contribution in [2.45, 2.75) is 19.4 Å². The number of rotatable bonds is 8. The Bertz CT molecular complexity index is 718. The summed E-state index contributed by atoms with van der Waals surface area (Å²) in [5.74, 6) is 1.80. The van der Waals surface area contributed by atoms with Crippen LogP contribution in [0.1, 0.15) is 18.4 Å². The van der Waals surface area contributed by atoms with Crippen LogP contribution < -0.4 is 20.5 Å². The van der Waals surface area contributed by atoms with Gasteiger partial charge < -0.3 is 20.5 Å². The molecule has 9 heteroatoms. The molecule has 0 unspecified atom stereocenters. The van der Waals surface area contributed by atoms with Crippen LogP contribution in [0.15, 0.2) is 23.2 Å². The van der Waals surface area contributed by atoms with E-state index >= 15 is 0 Å². The van der Waals surface area contributed by atoms with Crippen LogP contribution >= 0.6 is 24.0 Å². The van der Waals surface area contributed by atoms with Gasteiger partial charge in [-0.2, -0.15) is 0 Å². The fourth-order valence-electron chi connectivity index (χ4n) is 2.59. The standard InChI is InChI=1S/C16H25N3O4S.HI/c1-22-13-5-4-12(8-14(13)23-2)9-18-15(17)19-10-16(6-7-16)11-24(3,20)21;/h4-5,8H,6-7,9-11H2,1-3H3,(H3,17,18,19);1H. The first kappa shape index (κ1) is 21.8. The molecule has 7 nitrogen and oxygen atoms in total. The first-order chi connectivity index (χ1) is 11.3. The van der Waals surface area contributed by atoms with E-state index < -0.39 is 9.84 Å². The number of nitrogens with zero attached hydrogens (tertiary/aromatic N) is 1. The maximum Gasteiger partial charge on any atom is 0.188 e. The Hall–Kier alpha value is -1.23. The van der Waals surface area contributed by atoms with E-state index in [1.54, 1.807) is 14.2 Å². The van der Waals surface area contributed by atoms with Crippen LogP contribution in [0, 0.1) is 5.41 Å². The third-order valence-corrected chi connectivity index (χ3v) is 5.19. The Morgan fingerprint density at radius 1 is 1.28 bits per heavy atom. The average Bonchev–Trinajstić information content (AvgIpc) is 3.28. The number of sulfone groups is 1. The predicted octanol–water partition coefficient (Wildman–Crippen LogP) is 1.55. The van der Waals surface area contributed by atoms with Gasteiger partial charge in [0, 0.05) is 18.2 Å². The maximum absolute atomic E-state index is 11.4. The molecule has 25 heavy (non-hydrogen) atoms. The number of nitrogens with one attached hydrogen (secondary N) is 1. The van der Waals surface area contributed by atoms with Gasteiger partial charge in [-0.25, -0.2) is 13.4 Å². The summed E-state index contributed by atoms with van der Waals surface area (Å²) < 4.78 is 33.3. The first-order valence-electron chi connectivity index (χ1n) is 7.69. The third kappa shape index (κ3) is 6.89. The number of ether oxygens (including phenoxy) is 2. The van der Waals surface area contributed by atoms with E-state index in [4.69, 9.17) is 15.2 Å². The minimum absolute atomic E-state index is 0. The highest BCUT2D eigenvalue weighted by Crippen LogP contribution is 2.45. The zero-order valence-corrected chi connectivity index (χ0v) is 17.9. The van der Waals surface area contributed by atoms with Crippen LogP contribution in [0.25, 0.3) is 0 Å². The average molecular weight is 483 g/mol. The summed E-state index contributed by atoms with van der Waals surface area (Å²) in [6.07, 6.45) is 3.06. The van der Waals surface area contributed by atoms with Crippen molar-refractivity contribution in [1.82, 2.24) is 5.32 Å². The molecule has 1 aliphatic rings. The van der Waals surface area contributed by atoms with Gasteiger partial charge in [0.15, 0.2) is 17.5 Å². The lowest BCUT2D eigenvalue weighted by Crippen LogP contribution is -2.38. The number of guanidine groups is 1. The maximum atomic E-state index is 11.4. The third-order valence-electron chi connectivity index (χ3n) is 4.05. The highest BCUT2D eigenvalue weighted by atomic mass is 127. The van der Waals surface area contributed by atoms with Crippen LogP contribution in [0.2, 0.25) is 0 Å². The Kier molecular flexibility index (Phi) is 7.79. The molecule has 0 aliphatic heterocycles. The summed E-state index contributed by atoms with van der Waals surface area (Å²) in [6, 6.07) is 5.56. The molecule has 0 atom stereocenters. The topological polar surface area (TPSA) is 103 Å². The van der Waals surface area contributed by atoms with Gasteiger partial charge in [0.05, 0.1) is 26.5 Å². The van der Waals surface area contributed by atoms with Crippen LogP contribution in [0.5, 0.6) is 11.5 Å². The number of benzene rings is 1. The molecule has 1 aromatic carbocycles. The van der Waals surface area contributed by atoms with E-state index in [0.29, 0.717) is 30.5 Å². The van der Waals surface area contributed by atoms with Crippen molar-refractivity contribution in [3.8, 4) is 11.5 Å². The van der Waals surface area contributed by atoms with Crippen LogP contribution in [0.4, 0.5) is 0 Å². The molecule has 1 fully saturated rings. The fourth-order valence-corrected chi connectivity index (χ4v) is 4.10. The second kappa shape index (κ2) is 8.93. The van der Waals surface area contributed by atoms with Gasteiger partial charge in [0.2, 0.25) is 0 Å². The molecule has 0 amide bonds. The van der Waals surface area contributed by atoms with Crippen molar-refractivity contribution < 1.29 is 17.9 Å². The van der Waals surface area contributed by atoms with Gasteiger partial charge in [-0.15, -0.1) is 24.0 Å². The molecule has 0 bridgehead atoms. The van der Waals surface area contributed by atoms with Crippen molar-refractivity contribution in [3.63, 3.8) is 0 Å². The van der Waals surface area contributed by atoms with Crippen LogP contribution in [-0.4, -0.2) is 47.2 Å². The van der Waals surface area contributed by atoms with E-state index in [-0.39, 0.29) is 35.1 Å². The van der Waals surface area contributed by atoms with Gasteiger partial charge in [-0.1, -0.05) is 6.07 Å². The molecule has 0 spiro atoms. The predicted molar refractivity (Wildman–Crippen MR) is 110 cm³/mol. The summed E-state index contributed by atoms with van der Waals surface area (Å²) in [4.78, 5) is 4.29. The van der Waals surface area contributed by atoms with Gasteiger partial charge in [0.1, 0.15) is 9.84 Å². The normalized spacial score (nSPS) is 15.9. The first-order valence-corrected chi connectivity index (χ1v) is 9.75. The fraction of sp³-hybridized carbons (Fsp3) is 0.562. The zero-order valence-electron chi connectivity index (χ0n) is 14.7. The number of methoxy groups -OCH3 is 2. The lowest BCUT2D eigenvalue weighted by Gasteiger charge is -2.15. The van der Waals surface area contributed by atoms with E-state index in [0.717, 1.165) is 18.4 Å². The summed E-state index contributed by atoms with van der Waals surface area (Å²) in [6.45, 7) is 0.930. The lowest BCUT2D eigenvalue weighted by atomic mass is 10.1. The van der Waals surface area contributed by atoms with E-state index in [1.165, 1.54) is 6.26 Å². The molecule has 1 aromatic rings. The highest BCUT2D eigenvalue weighted by Gasteiger charge is 2.45. The van der Waals surface area contributed by atoms with Gasteiger partial charge in [-0.3, -0.25) is 0 Å². The van der Waals surface area contributed by atoms with Crippen molar-refractivity contribution in [1.29, 1.82) is 0 Å². The SMILES string of the molecule is COc1ccc(CN=C(N)NCC2(CS(C)(=O)=O)CC2)cc1OC.I. The molecular weight excluding hydrogens is 457 g/mol. The summed E-state index contributed by atoms with van der Waals surface area (Å²) in [5.41, 5.74) is 6.64. The Morgan fingerprint density at radius 2 is 1.92 bits per heavy atom. The van der Waals surface area contributed by atoms with Crippen molar-refractivity contribution in [2.24, 2.45) is 16.1 Å². The molecule has 1 saturated carbocycles.